The first-order valence-electron chi connectivity index (χ1n) is 4.60. The Morgan fingerprint density at radius 2 is 2.00 bits per heavy atom. The summed E-state index contributed by atoms with van der Waals surface area (Å²) < 4.78 is 2.20. The van der Waals surface area contributed by atoms with E-state index in [1.807, 2.05) is 0 Å². The molecule has 68 valence electrons. The lowest BCUT2D eigenvalue weighted by Crippen LogP contribution is -2.00. The zero-order valence-electron chi connectivity index (χ0n) is 8.68. The molecule has 0 N–H and O–H groups in total. The van der Waals surface area contributed by atoms with Gasteiger partial charge in [0, 0.05) is 18.7 Å². The highest BCUT2D eigenvalue weighted by Gasteiger charge is 2.11. The predicted octanol–water partition coefficient (Wildman–Crippen LogP) is 2.41. The third-order valence-corrected chi connectivity index (χ3v) is 2.37. The summed E-state index contributed by atoms with van der Waals surface area (Å²) in [5.41, 5.74) is 2.54. The first-order chi connectivity index (χ1) is 5.57. The summed E-state index contributed by atoms with van der Waals surface area (Å²) >= 11 is 0. The maximum atomic E-state index is 4.59. The maximum absolute atomic E-state index is 4.59. The first kappa shape index (κ1) is 9.30. The van der Waals surface area contributed by atoms with Crippen LogP contribution in [0, 0.1) is 6.92 Å². The van der Waals surface area contributed by atoms with Crippen LogP contribution < -0.4 is 0 Å². The second-order valence-electron chi connectivity index (χ2n) is 3.57. The number of imidazole rings is 1. The van der Waals surface area contributed by atoms with Gasteiger partial charge in [0.05, 0.1) is 5.69 Å². The molecule has 0 aromatic carbocycles. The number of hydrogen-bond acceptors (Lipinski definition) is 1. The van der Waals surface area contributed by atoms with Crippen LogP contribution in [-0.4, -0.2) is 9.55 Å². The van der Waals surface area contributed by atoms with Gasteiger partial charge in [-0.2, -0.15) is 0 Å². The summed E-state index contributed by atoms with van der Waals surface area (Å²) in [4.78, 5) is 4.59. The van der Waals surface area contributed by atoms with Crippen LogP contribution in [0.4, 0.5) is 0 Å². The van der Waals surface area contributed by atoms with E-state index < -0.39 is 0 Å². The SMILES string of the molecule is CCc1nc(C(C)C)n(C)c1C. The van der Waals surface area contributed by atoms with Gasteiger partial charge in [-0.15, -0.1) is 0 Å². The molecule has 0 fully saturated rings. The van der Waals surface area contributed by atoms with Crippen LogP contribution in [-0.2, 0) is 13.5 Å². The second kappa shape index (κ2) is 3.30. The Kier molecular flexibility index (Phi) is 2.55. The summed E-state index contributed by atoms with van der Waals surface area (Å²) in [5, 5.41) is 0. The van der Waals surface area contributed by atoms with Gasteiger partial charge >= 0.3 is 0 Å². The molecular formula is C10H18N2. The minimum atomic E-state index is 0.522. The van der Waals surface area contributed by atoms with Crippen molar-refractivity contribution in [3.05, 3.63) is 17.2 Å². The Labute approximate surface area is 74.6 Å². The summed E-state index contributed by atoms with van der Waals surface area (Å²) in [6, 6.07) is 0. The van der Waals surface area contributed by atoms with Crippen molar-refractivity contribution in [2.45, 2.75) is 40.0 Å². The van der Waals surface area contributed by atoms with E-state index in [1.54, 1.807) is 0 Å². The zero-order chi connectivity index (χ0) is 9.30. The van der Waals surface area contributed by atoms with E-state index in [-0.39, 0.29) is 0 Å². The molecule has 0 aliphatic rings. The lowest BCUT2D eigenvalue weighted by Gasteiger charge is -2.04. The monoisotopic (exact) mass is 166 g/mol. The Balaban J connectivity index is 3.16. The highest BCUT2D eigenvalue weighted by molar-refractivity contribution is 5.16. The van der Waals surface area contributed by atoms with Crippen LogP contribution in [0.3, 0.4) is 0 Å². The van der Waals surface area contributed by atoms with E-state index in [9.17, 15) is 0 Å². The molecule has 1 rings (SSSR count). The normalized spacial score (nSPS) is 11.2. The van der Waals surface area contributed by atoms with Crippen molar-refractivity contribution in [3.63, 3.8) is 0 Å². The molecule has 0 radical (unpaired) electrons. The second-order valence-corrected chi connectivity index (χ2v) is 3.57. The van der Waals surface area contributed by atoms with Crippen molar-refractivity contribution < 1.29 is 0 Å². The van der Waals surface area contributed by atoms with Crippen molar-refractivity contribution in [1.82, 2.24) is 9.55 Å². The van der Waals surface area contributed by atoms with Crippen molar-refractivity contribution in [1.29, 1.82) is 0 Å². The molecule has 2 heteroatoms. The predicted molar refractivity (Wildman–Crippen MR) is 51.4 cm³/mol. The molecule has 1 heterocycles. The zero-order valence-corrected chi connectivity index (χ0v) is 8.68. The maximum Gasteiger partial charge on any atom is 0.111 e. The lowest BCUT2D eigenvalue weighted by molar-refractivity contribution is 0.700. The summed E-state index contributed by atoms with van der Waals surface area (Å²) in [6.07, 6.45) is 1.03. The molecule has 0 unspecified atom stereocenters. The third-order valence-electron chi connectivity index (χ3n) is 2.37. The largest absolute Gasteiger partial charge is 0.335 e. The van der Waals surface area contributed by atoms with Gasteiger partial charge in [0.1, 0.15) is 5.82 Å². The number of aryl methyl sites for hydroxylation is 1. The van der Waals surface area contributed by atoms with Gasteiger partial charge in [-0.3, -0.25) is 0 Å². The molecule has 0 amide bonds. The van der Waals surface area contributed by atoms with Crippen molar-refractivity contribution in [3.8, 4) is 0 Å². The Bertz CT molecular complexity index is 272. The summed E-state index contributed by atoms with van der Waals surface area (Å²) in [7, 11) is 2.09. The summed E-state index contributed by atoms with van der Waals surface area (Å²) in [6.45, 7) is 8.65. The van der Waals surface area contributed by atoms with E-state index >= 15 is 0 Å². The van der Waals surface area contributed by atoms with Crippen molar-refractivity contribution in [2.24, 2.45) is 7.05 Å². The average molecular weight is 166 g/mol. The fourth-order valence-corrected chi connectivity index (χ4v) is 1.51. The van der Waals surface area contributed by atoms with E-state index in [0.717, 1.165) is 6.42 Å². The molecule has 1 aromatic heterocycles. The number of hydrogen-bond donors (Lipinski definition) is 0. The molecule has 0 bridgehead atoms. The fraction of sp³-hybridized carbons (Fsp3) is 0.700. The number of rotatable bonds is 2. The topological polar surface area (TPSA) is 17.8 Å². The molecule has 0 spiro atoms. The summed E-state index contributed by atoms with van der Waals surface area (Å²) in [5.74, 6) is 1.72. The molecule has 2 nitrogen and oxygen atoms in total. The third kappa shape index (κ3) is 1.38. The highest BCUT2D eigenvalue weighted by Crippen LogP contribution is 2.16. The van der Waals surface area contributed by atoms with Crippen LogP contribution in [0.2, 0.25) is 0 Å². The molecular weight excluding hydrogens is 148 g/mol. The average Bonchev–Trinajstić information content (AvgIpc) is 2.30. The lowest BCUT2D eigenvalue weighted by atomic mass is 10.2. The quantitative estimate of drug-likeness (QED) is 0.659. The standard InChI is InChI=1S/C10H18N2/c1-6-9-8(4)12(5)10(11-9)7(2)3/h7H,6H2,1-5H3. The van der Waals surface area contributed by atoms with Gasteiger partial charge in [0.2, 0.25) is 0 Å². The molecule has 0 saturated heterocycles. The minimum Gasteiger partial charge on any atom is -0.335 e. The highest BCUT2D eigenvalue weighted by atomic mass is 15.1. The van der Waals surface area contributed by atoms with Crippen molar-refractivity contribution in [2.75, 3.05) is 0 Å². The molecule has 0 saturated carbocycles. The molecule has 0 aliphatic heterocycles. The van der Waals surface area contributed by atoms with Gasteiger partial charge in [0.15, 0.2) is 0 Å². The van der Waals surface area contributed by atoms with Gasteiger partial charge in [-0.25, -0.2) is 4.98 Å². The van der Waals surface area contributed by atoms with Gasteiger partial charge in [-0.1, -0.05) is 20.8 Å². The van der Waals surface area contributed by atoms with Gasteiger partial charge in [-0.05, 0) is 13.3 Å². The number of nitrogens with zero attached hydrogens (tertiary/aromatic N) is 2. The molecule has 12 heavy (non-hydrogen) atoms. The van der Waals surface area contributed by atoms with Crippen LogP contribution in [0.5, 0.6) is 0 Å². The van der Waals surface area contributed by atoms with Crippen molar-refractivity contribution >= 4 is 0 Å². The van der Waals surface area contributed by atoms with E-state index in [1.165, 1.54) is 17.2 Å². The molecule has 1 aromatic rings. The minimum absolute atomic E-state index is 0.522. The van der Waals surface area contributed by atoms with E-state index in [2.05, 4.69) is 44.3 Å². The molecule has 0 aliphatic carbocycles. The fourth-order valence-electron chi connectivity index (χ4n) is 1.51. The van der Waals surface area contributed by atoms with Crippen LogP contribution in [0.15, 0.2) is 0 Å². The first-order valence-corrected chi connectivity index (χ1v) is 4.60. The smallest absolute Gasteiger partial charge is 0.111 e. The van der Waals surface area contributed by atoms with Crippen LogP contribution in [0.1, 0.15) is 43.9 Å². The van der Waals surface area contributed by atoms with E-state index in [4.69, 9.17) is 0 Å². The Morgan fingerprint density at radius 3 is 2.25 bits per heavy atom. The van der Waals surface area contributed by atoms with Crippen LogP contribution >= 0.6 is 0 Å². The van der Waals surface area contributed by atoms with Gasteiger partial charge < -0.3 is 4.57 Å². The van der Waals surface area contributed by atoms with E-state index in [0.29, 0.717) is 5.92 Å². The van der Waals surface area contributed by atoms with Crippen LogP contribution in [0.25, 0.3) is 0 Å². The molecule has 0 atom stereocenters. The number of aromatic nitrogens is 2. The Hall–Kier alpha value is -0.790. The Morgan fingerprint density at radius 1 is 1.42 bits per heavy atom. The van der Waals surface area contributed by atoms with Gasteiger partial charge in [0.25, 0.3) is 0 Å².